The maximum absolute atomic E-state index is 6.25. The van der Waals surface area contributed by atoms with Crippen molar-refractivity contribution in [1.29, 1.82) is 0 Å². The minimum atomic E-state index is -0.508. The van der Waals surface area contributed by atoms with Gasteiger partial charge in [-0.3, -0.25) is 0 Å². The van der Waals surface area contributed by atoms with Crippen LogP contribution in [0.25, 0.3) is 0 Å². The third kappa shape index (κ3) is 2.94. The number of hydrogen-bond acceptors (Lipinski definition) is 7. The van der Waals surface area contributed by atoms with Crippen LogP contribution in [0.4, 0.5) is 0 Å². The van der Waals surface area contributed by atoms with E-state index in [1.807, 2.05) is 55.4 Å². The largest absolute Gasteiger partial charge is 0.509 e. The first-order chi connectivity index (χ1) is 12.3. The molecule has 0 radical (unpaired) electrons. The normalized spacial score (nSPS) is 27.3. The van der Waals surface area contributed by atoms with E-state index in [9.17, 15) is 0 Å². The third-order valence-electron chi connectivity index (χ3n) is 6.38. The van der Waals surface area contributed by atoms with Crippen molar-refractivity contribution in [1.82, 2.24) is 0 Å². The van der Waals surface area contributed by atoms with Gasteiger partial charge in [0.2, 0.25) is 0 Å². The van der Waals surface area contributed by atoms with Crippen LogP contribution in [0.2, 0.25) is 0 Å². The van der Waals surface area contributed by atoms with Crippen LogP contribution in [0.1, 0.15) is 55.4 Å². The molecule has 4 heterocycles. The lowest BCUT2D eigenvalue weighted by molar-refractivity contribution is 0.00578. The van der Waals surface area contributed by atoms with E-state index in [0.717, 1.165) is 9.55 Å². The highest BCUT2D eigenvalue weighted by molar-refractivity contribution is 7.31. The molecular weight excluding hydrogens is 366 g/mol. The van der Waals surface area contributed by atoms with Crippen LogP contribution in [-0.2, 0) is 18.6 Å². The van der Waals surface area contributed by atoms with Crippen molar-refractivity contribution < 1.29 is 28.1 Å². The maximum Gasteiger partial charge on any atom is 0.509 e. The zero-order chi connectivity index (χ0) is 19.8. The van der Waals surface area contributed by atoms with Gasteiger partial charge in [-0.05, 0) is 55.4 Å². The van der Waals surface area contributed by atoms with Crippen LogP contribution in [-0.4, -0.2) is 49.9 Å². The highest BCUT2D eigenvalue weighted by Crippen LogP contribution is 2.42. The summed E-state index contributed by atoms with van der Waals surface area (Å²) in [5, 5.41) is 0. The van der Waals surface area contributed by atoms with Gasteiger partial charge >= 0.3 is 14.2 Å². The summed E-state index contributed by atoms with van der Waals surface area (Å²) in [4.78, 5) is 0. The summed E-state index contributed by atoms with van der Waals surface area (Å²) in [7, 11) is -1.02. The Bertz CT molecular complexity index is 665. The van der Waals surface area contributed by atoms with E-state index in [-0.39, 0.29) is 0 Å². The molecule has 1 aromatic rings. The van der Waals surface area contributed by atoms with Crippen molar-refractivity contribution in [2.24, 2.45) is 0 Å². The van der Waals surface area contributed by atoms with Gasteiger partial charge < -0.3 is 28.1 Å². The van der Waals surface area contributed by atoms with Gasteiger partial charge in [-0.25, -0.2) is 0 Å². The number of hydrogen-bond donors (Lipinski definition) is 0. The molecule has 2 fully saturated rings. The lowest BCUT2D eigenvalue weighted by Gasteiger charge is -2.32. The number of thiophene rings is 1. The molecule has 4 rings (SSSR count). The summed E-state index contributed by atoms with van der Waals surface area (Å²) < 4.78 is 38.6. The van der Waals surface area contributed by atoms with E-state index in [1.54, 1.807) is 0 Å². The first-order valence-electron chi connectivity index (χ1n) is 9.48. The molecule has 0 aromatic carbocycles. The molecule has 1 aromatic heterocycles. The van der Waals surface area contributed by atoms with E-state index < -0.39 is 36.6 Å². The van der Waals surface area contributed by atoms with E-state index >= 15 is 0 Å². The molecule has 0 N–H and O–H groups in total. The Morgan fingerprint density at radius 1 is 0.593 bits per heavy atom. The second-order valence-electron chi connectivity index (χ2n) is 9.36. The van der Waals surface area contributed by atoms with Gasteiger partial charge in [-0.15, -0.1) is 11.3 Å². The predicted molar refractivity (Wildman–Crippen MR) is 107 cm³/mol. The Hall–Kier alpha value is -0.730. The molecule has 0 aliphatic carbocycles. The highest BCUT2D eigenvalue weighted by atomic mass is 32.1. The first-order valence-corrected chi connectivity index (χ1v) is 10.3. The minimum absolute atomic E-state index is 0.422. The molecular formula is C18H28B2O6S. The first kappa shape index (κ1) is 19.6. The summed E-state index contributed by atoms with van der Waals surface area (Å²) in [5.41, 5.74) is -1.69. The van der Waals surface area contributed by atoms with Gasteiger partial charge in [0.15, 0.2) is 11.5 Å². The Labute approximate surface area is 166 Å². The lowest BCUT2D eigenvalue weighted by Crippen LogP contribution is -2.41. The van der Waals surface area contributed by atoms with Crippen LogP contribution in [0.15, 0.2) is 0 Å². The van der Waals surface area contributed by atoms with Crippen molar-refractivity contribution >= 4 is 35.1 Å². The second-order valence-corrected chi connectivity index (χ2v) is 10.4. The van der Waals surface area contributed by atoms with Gasteiger partial charge in [0, 0.05) is 0 Å². The molecule has 3 aliphatic heterocycles. The van der Waals surface area contributed by atoms with Gasteiger partial charge in [0.05, 0.1) is 32.0 Å². The van der Waals surface area contributed by atoms with Crippen LogP contribution in [0.3, 0.4) is 0 Å². The highest BCUT2D eigenvalue weighted by Gasteiger charge is 2.57. The standard InChI is InChI=1S/C18H28B2O6S/c1-15(2)16(3,4)24-19(23-15)13-11-12(22-10-9-21-11)14(27-13)20-25-17(5,6)18(7,8)26-20/h9-10H2,1-8H3. The van der Waals surface area contributed by atoms with E-state index in [2.05, 4.69) is 0 Å². The van der Waals surface area contributed by atoms with Crippen LogP contribution >= 0.6 is 11.3 Å². The molecule has 0 amide bonds. The van der Waals surface area contributed by atoms with Crippen molar-refractivity contribution in [3.63, 3.8) is 0 Å². The quantitative estimate of drug-likeness (QED) is 0.717. The van der Waals surface area contributed by atoms with Gasteiger partial charge in [0.25, 0.3) is 0 Å². The van der Waals surface area contributed by atoms with E-state index in [4.69, 9.17) is 28.1 Å². The summed E-state index contributed by atoms with van der Waals surface area (Å²) in [6.45, 7) is 17.3. The monoisotopic (exact) mass is 394 g/mol. The zero-order valence-electron chi connectivity index (χ0n) is 17.4. The van der Waals surface area contributed by atoms with Gasteiger partial charge in [-0.1, -0.05) is 0 Å². The average Bonchev–Trinajstić information content (AvgIpc) is 3.08. The fraction of sp³-hybridized carbons (Fsp3) is 0.778. The fourth-order valence-corrected chi connectivity index (χ4v) is 4.32. The molecule has 148 valence electrons. The second kappa shape index (κ2) is 5.89. The molecule has 0 atom stereocenters. The van der Waals surface area contributed by atoms with Crippen molar-refractivity contribution in [3.8, 4) is 11.5 Å². The Morgan fingerprint density at radius 3 is 1.19 bits per heavy atom. The Kier molecular flexibility index (Phi) is 4.27. The molecule has 6 nitrogen and oxygen atoms in total. The molecule has 2 saturated heterocycles. The molecule has 0 bridgehead atoms. The van der Waals surface area contributed by atoms with Crippen molar-refractivity contribution in [2.75, 3.05) is 13.2 Å². The molecule has 0 spiro atoms. The average molecular weight is 394 g/mol. The van der Waals surface area contributed by atoms with Gasteiger partial charge in [0.1, 0.15) is 13.2 Å². The van der Waals surface area contributed by atoms with Crippen LogP contribution in [0.5, 0.6) is 11.5 Å². The maximum atomic E-state index is 6.25. The zero-order valence-corrected chi connectivity index (χ0v) is 18.2. The molecule has 27 heavy (non-hydrogen) atoms. The summed E-state index contributed by atoms with van der Waals surface area (Å²) >= 11 is 1.52. The topological polar surface area (TPSA) is 55.4 Å². The minimum Gasteiger partial charge on any atom is -0.486 e. The summed E-state index contributed by atoms with van der Waals surface area (Å²) in [6.07, 6.45) is 0. The van der Waals surface area contributed by atoms with Crippen molar-refractivity contribution in [2.45, 2.75) is 77.8 Å². The van der Waals surface area contributed by atoms with Crippen LogP contribution < -0.4 is 19.0 Å². The van der Waals surface area contributed by atoms with Crippen LogP contribution in [0, 0.1) is 0 Å². The molecule has 9 heteroatoms. The number of rotatable bonds is 2. The Morgan fingerprint density at radius 2 is 0.889 bits per heavy atom. The molecule has 0 saturated carbocycles. The third-order valence-corrected chi connectivity index (χ3v) is 7.58. The number of ether oxygens (including phenoxy) is 2. The Balaban J connectivity index is 1.72. The SMILES string of the molecule is CC1(C)OB(c2sc(B3OC(C)(C)C(C)(C)O3)c3c2OCCO3)OC1(C)C. The smallest absolute Gasteiger partial charge is 0.486 e. The fourth-order valence-electron chi connectivity index (χ4n) is 3.21. The van der Waals surface area contributed by atoms with Crippen molar-refractivity contribution in [3.05, 3.63) is 0 Å². The number of fused-ring (bicyclic) bond motifs is 1. The lowest BCUT2D eigenvalue weighted by atomic mass is 9.84. The molecule has 0 unspecified atom stereocenters. The molecule has 3 aliphatic rings. The van der Waals surface area contributed by atoms with E-state index in [0.29, 0.717) is 24.7 Å². The predicted octanol–water partition coefficient (Wildman–Crippen LogP) is 2.12. The summed E-state index contributed by atoms with van der Waals surface area (Å²) in [6, 6.07) is 0. The van der Waals surface area contributed by atoms with E-state index in [1.165, 1.54) is 11.3 Å². The van der Waals surface area contributed by atoms with Gasteiger partial charge in [-0.2, -0.15) is 0 Å². The summed E-state index contributed by atoms with van der Waals surface area (Å²) in [5.74, 6) is 1.38.